The highest BCUT2D eigenvalue weighted by molar-refractivity contribution is 5.84. The summed E-state index contributed by atoms with van der Waals surface area (Å²) >= 11 is 0. The first-order valence-electron chi connectivity index (χ1n) is 16.1. The van der Waals surface area contributed by atoms with E-state index >= 15 is 0 Å². The first-order chi connectivity index (χ1) is 21.9. The first kappa shape index (κ1) is 33.1. The number of H-pyrrole nitrogens is 1. The van der Waals surface area contributed by atoms with Crippen LogP contribution < -0.4 is 15.8 Å². The Hall–Kier alpha value is -4.25. The summed E-state index contributed by atoms with van der Waals surface area (Å²) in [4.78, 5) is 42.3. The molecule has 5 unspecified atom stereocenters. The van der Waals surface area contributed by atoms with E-state index in [9.17, 15) is 14.7 Å². The molecule has 5 N–H and O–H groups in total. The molecule has 5 rings (SSSR count). The number of nitrogens with two attached hydrogens (primary N) is 1. The Kier molecular flexibility index (Phi) is 9.53. The smallest absolute Gasteiger partial charge is 0.325 e. The number of rotatable bonds is 10. The van der Waals surface area contributed by atoms with Crippen LogP contribution in [0.1, 0.15) is 65.9 Å². The number of imidazole rings is 1. The van der Waals surface area contributed by atoms with Crippen LogP contribution in [0.4, 0.5) is 0 Å². The van der Waals surface area contributed by atoms with Crippen molar-refractivity contribution in [1.82, 2.24) is 25.3 Å². The SMILES string of the molecule is C=C[C@]1(C)CC(OC(=O)CN/C=C(\N)c2cccc(Oc3ncnc4[nH]cnc34)c2)[C@](C)(C(C)CC)C2C(=O)CCC2C(C)[C@@H]1O. The van der Waals surface area contributed by atoms with Crippen LogP contribution in [0.15, 0.2) is 55.8 Å². The number of nitrogens with one attached hydrogen (secondary N) is 2. The van der Waals surface area contributed by atoms with Gasteiger partial charge in [0.25, 0.3) is 5.88 Å². The Labute approximate surface area is 270 Å². The summed E-state index contributed by atoms with van der Waals surface area (Å²) in [6.07, 6.45) is 7.34. The summed E-state index contributed by atoms with van der Waals surface area (Å²) in [6, 6.07) is 7.17. The molecule has 46 heavy (non-hydrogen) atoms. The van der Waals surface area contributed by atoms with Crippen molar-refractivity contribution in [2.75, 3.05) is 6.54 Å². The van der Waals surface area contributed by atoms with Crippen LogP contribution >= 0.6 is 0 Å². The number of aliphatic hydroxyl groups is 1. The molecule has 3 aromatic rings. The highest BCUT2D eigenvalue weighted by Gasteiger charge is 2.60. The average Bonchev–Trinajstić information content (AvgIpc) is 3.70. The minimum Gasteiger partial charge on any atom is -0.460 e. The zero-order valence-corrected chi connectivity index (χ0v) is 27.3. The maximum atomic E-state index is 13.5. The monoisotopic (exact) mass is 630 g/mol. The molecule has 1 aromatic carbocycles. The molecule has 0 spiro atoms. The van der Waals surface area contributed by atoms with Gasteiger partial charge in [-0.2, -0.15) is 4.98 Å². The van der Waals surface area contributed by atoms with E-state index in [1.54, 1.807) is 30.5 Å². The number of aliphatic hydroxyl groups excluding tert-OH is 1. The lowest BCUT2D eigenvalue weighted by Gasteiger charge is -2.54. The molecule has 11 heteroatoms. The number of carbonyl (C=O) groups is 2. The zero-order valence-electron chi connectivity index (χ0n) is 27.3. The van der Waals surface area contributed by atoms with Crippen LogP contribution in [0.2, 0.25) is 0 Å². The lowest BCUT2D eigenvalue weighted by molar-refractivity contribution is -0.180. The molecule has 2 aliphatic rings. The van der Waals surface area contributed by atoms with Gasteiger partial charge < -0.3 is 30.6 Å². The largest absolute Gasteiger partial charge is 0.460 e. The molecule has 2 heterocycles. The second kappa shape index (κ2) is 13.2. The van der Waals surface area contributed by atoms with E-state index < -0.39 is 29.0 Å². The Morgan fingerprint density at radius 2 is 2.09 bits per heavy atom. The Morgan fingerprint density at radius 3 is 2.83 bits per heavy atom. The van der Waals surface area contributed by atoms with Gasteiger partial charge in [0.1, 0.15) is 30.5 Å². The Morgan fingerprint density at radius 1 is 1.30 bits per heavy atom. The van der Waals surface area contributed by atoms with Gasteiger partial charge in [0.15, 0.2) is 11.2 Å². The summed E-state index contributed by atoms with van der Waals surface area (Å²) in [5, 5.41) is 14.5. The van der Waals surface area contributed by atoms with Gasteiger partial charge in [0.05, 0.1) is 18.1 Å². The molecule has 0 bridgehead atoms. The number of carbonyl (C=O) groups excluding carboxylic acids is 2. The summed E-state index contributed by atoms with van der Waals surface area (Å²) in [6.45, 7) is 14.3. The summed E-state index contributed by atoms with van der Waals surface area (Å²) in [5.74, 6) is 0.252. The molecule has 246 valence electrons. The normalized spacial score (nSPS) is 30.6. The summed E-state index contributed by atoms with van der Waals surface area (Å²) < 4.78 is 12.2. The fraction of sp³-hybridized carbons (Fsp3) is 0.514. The molecule has 2 fully saturated rings. The fourth-order valence-corrected chi connectivity index (χ4v) is 7.65. The Balaban J connectivity index is 1.32. The third-order valence-electron chi connectivity index (χ3n) is 10.8. The lowest BCUT2D eigenvalue weighted by Crippen LogP contribution is -2.57. The average molecular weight is 631 g/mol. The maximum Gasteiger partial charge on any atom is 0.325 e. The minimum atomic E-state index is -0.716. The van der Waals surface area contributed by atoms with Crippen molar-refractivity contribution in [2.24, 2.45) is 40.2 Å². The minimum absolute atomic E-state index is 0.00234. The van der Waals surface area contributed by atoms with Crippen molar-refractivity contribution in [3.63, 3.8) is 0 Å². The number of nitrogens with zero attached hydrogens (tertiary/aromatic N) is 3. The lowest BCUT2D eigenvalue weighted by atomic mass is 9.53. The van der Waals surface area contributed by atoms with Gasteiger partial charge in [0, 0.05) is 34.9 Å². The van der Waals surface area contributed by atoms with Crippen molar-refractivity contribution in [1.29, 1.82) is 0 Å². The van der Waals surface area contributed by atoms with E-state index in [0.29, 0.717) is 46.9 Å². The third-order valence-corrected chi connectivity index (χ3v) is 10.8. The molecule has 11 nitrogen and oxygen atoms in total. The van der Waals surface area contributed by atoms with E-state index in [1.165, 1.54) is 12.7 Å². The molecule has 2 saturated carbocycles. The number of hydrogen-bond donors (Lipinski definition) is 4. The summed E-state index contributed by atoms with van der Waals surface area (Å²) in [7, 11) is 0. The molecule has 2 aromatic heterocycles. The van der Waals surface area contributed by atoms with E-state index in [1.807, 2.05) is 19.9 Å². The maximum absolute atomic E-state index is 13.5. The molecule has 0 saturated heterocycles. The molecule has 8 atom stereocenters. The van der Waals surface area contributed by atoms with Crippen LogP contribution in [-0.4, -0.2) is 55.5 Å². The van der Waals surface area contributed by atoms with E-state index in [-0.39, 0.29) is 36.0 Å². The molecular weight excluding hydrogens is 584 g/mol. The van der Waals surface area contributed by atoms with Crippen molar-refractivity contribution in [3.8, 4) is 11.6 Å². The number of Topliss-reactive ketones (excluding diaryl/α,β-unsaturated/α-hetero) is 1. The van der Waals surface area contributed by atoms with Gasteiger partial charge in [0.2, 0.25) is 0 Å². The van der Waals surface area contributed by atoms with Crippen molar-refractivity contribution >= 4 is 28.6 Å². The fourth-order valence-electron chi connectivity index (χ4n) is 7.65. The van der Waals surface area contributed by atoms with Crippen molar-refractivity contribution in [2.45, 2.75) is 72.5 Å². The highest BCUT2D eigenvalue weighted by Crippen LogP contribution is 2.57. The number of hydrogen-bond acceptors (Lipinski definition) is 10. The Bertz CT molecular complexity index is 1620. The molecule has 0 aliphatic heterocycles. The van der Waals surface area contributed by atoms with Gasteiger partial charge in [-0.05, 0) is 42.7 Å². The van der Waals surface area contributed by atoms with Gasteiger partial charge in [-0.3, -0.25) is 9.59 Å². The van der Waals surface area contributed by atoms with Gasteiger partial charge >= 0.3 is 5.97 Å². The number of ether oxygens (including phenoxy) is 2. The second-order valence-electron chi connectivity index (χ2n) is 13.4. The zero-order chi connectivity index (χ0) is 33.2. The van der Waals surface area contributed by atoms with Crippen LogP contribution in [0.25, 0.3) is 16.9 Å². The van der Waals surface area contributed by atoms with Gasteiger partial charge in [-0.25, -0.2) is 9.97 Å². The predicted molar refractivity (Wildman–Crippen MR) is 175 cm³/mol. The standard InChI is InChI=1S/C35H46N6O5/c1-7-20(3)35(6)27(15-34(5,8-2)31(44)21(4)24-12-13-26(42)29(24)35)46-28(43)17-37-16-25(36)22-10-9-11-23(14-22)45-33-30-32(39-18-38-30)40-19-41-33/h8-11,14,16,18-21,24,27,29,31,37,44H,2,7,12-13,15,17,36H2,1,3-6H3,(H,38,39,40,41)/b25-16-/t20?,21?,24?,27?,29?,31-,34+,35-/m0/s1. The topological polar surface area (TPSA) is 165 Å². The van der Waals surface area contributed by atoms with Crippen molar-refractivity contribution < 1.29 is 24.2 Å². The van der Waals surface area contributed by atoms with Crippen LogP contribution in [-0.2, 0) is 14.3 Å². The number of fused-ring (bicyclic) bond motifs is 2. The number of ketones is 1. The van der Waals surface area contributed by atoms with Crippen LogP contribution in [0.3, 0.4) is 0 Å². The second-order valence-corrected chi connectivity index (χ2v) is 13.4. The predicted octanol–water partition coefficient (Wildman–Crippen LogP) is 5.14. The number of benzene rings is 1. The molecule has 0 radical (unpaired) electrons. The number of esters is 1. The summed E-state index contributed by atoms with van der Waals surface area (Å²) in [5.41, 5.74) is 7.19. The van der Waals surface area contributed by atoms with Gasteiger partial charge in [-0.1, -0.05) is 59.2 Å². The molecular formula is C35H46N6O5. The van der Waals surface area contributed by atoms with E-state index in [2.05, 4.69) is 52.6 Å². The third kappa shape index (κ3) is 6.12. The van der Waals surface area contributed by atoms with Gasteiger partial charge in [-0.15, -0.1) is 6.58 Å². The quantitative estimate of drug-likeness (QED) is 0.174. The number of aromatic nitrogens is 4. The van der Waals surface area contributed by atoms with Crippen molar-refractivity contribution in [3.05, 3.63) is 61.3 Å². The first-order valence-corrected chi connectivity index (χ1v) is 16.1. The molecule has 0 amide bonds. The van der Waals surface area contributed by atoms with Crippen LogP contribution in [0.5, 0.6) is 11.6 Å². The van der Waals surface area contributed by atoms with Crippen LogP contribution in [0, 0.1) is 34.5 Å². The van der Waals surface area contributed by atoms with E-state index in [0.717, 1.165) is 12.8 Å². The molecule has 2 aliphatic carbocycles. The number of aromatic amines is 1. The highest BCUT2D eigenvalue weighted by atomic mass is 16.5. The van der Waals surface area contributed by atoms with E-state index in [4.69, 9.17) is 15.2 Å².